The van der Waals surface area contributed by atoms with E-state index in [1.54, 1.807) is 0 Å². The minimum atomic E-state index is -0.265. The summed E-state index contributed by atoms with van der Waals surface area (Å²) in [5, 5.41) is 6.47. The first-order chi connectivity index (χ1) is 7.66. The summed E-state index contributed by atoms with van der Waals surface area (Å²) in [6.45, 7) is 12.6. The monoisotopic (exact) mass is 238 g/mol. The van der Waals surface area contributed by atoms with Crippen molar-refractivity contribution in [2.24, 2.45) is 5.10 Å². The van der Waals surface area contributed by atoms with E-state index in [4.69, 9.17) is 9.31 Å². The third-order valence-electron chi connectivity index (χ3n) is 4.47. The van der Waals surface area contributed by atoms with Gasteiger partial charge in [-0.1, -0.05) is 0 Å². The third-order valence-corrected chi connectivity index (χ3v) is 4.47. The van der Waals surface area contributed by atoms with E-state index in [9.17, 15) is 0 Å². The fourth-order valence-electron chi connectivity index (χ4n) is 2.45. The van der Waals surface area contributed by atoms with Crippen LogP contribution in [0.25, 0.3) is 0 Å². The molecule has 17 heavy (non-hydrogen) atoms. The van der Waals surface area contributed by atoms with E-state index in [1.165, 1.54) is 0 Å². The number of hydrogen-bond acceptors (Lipinski definition) is 4. The molecule has 0 spiro atoms. The Kier molecular flexibility index (Phi) is 2.82. The molecule has 0 amide bonds. The topological polar surface area (TPSA) is 34.1 Å². The Morgan fingerprint density at radius 2 is 1.65 bits per heavy atom. The molecule has 5 heteroatoms. The number of nitrogens with zero attached hydrogens (tertiary/aromatic N) is 2. The van der Waals surface area contributed by atoms with Crippen LogP contribution in [0.5, 0.6) is 0 Å². The molecule has 1 saturated heterocycles. The largest absolute Gasteiger partial charge is 0.469 e. The molecule has 0 aliphatic carbocycles. The van der Waals surface area contributed by atoms with Gasteiger partial charge in [-0.15, -0.1) is 0 Å². The van der Waals surface area contributed by atoms with Gasteiger partial charge in [0.15, 0.2) is 0 Å². The summed E-state index contributed by atoms with van der Waals surface area (Å²) in [6.07, 6.45) is 0. The second-order valence-corrected chi connectivity index (χ2v) is 6.21. The molecule has 1 fully saturated rings. The minimum Gasteiger partial charge on any atom is -0.403 e. The molecular formula is C12H23BN2O2. The summed E-state index contributed by atoms with van der Waals surface area (Å²) in [6, 6.07) is 0.324. The average molecular weight is 238 g/mol. The Morgan fingerprint density at radius 3 is 2.00 bits per heavy atom. The molecule has 0 aromatic rings. The van der Waals surface area contributed by atoms with Crippen molar-refractivity contribution < 1.29 is 9.31 Å². The van der Waals surface area contributed by atoms with E-state index in [-0.39, 0.29) is 24.1 Å². The Hall–Kier alpha value is -0.545. The molecule has 2 aliphatic rings. The van der Waals surface area contributed by atoms with Gasteiger partial charge >= 0.3 is 7.12 Å². The van der Waals surface area contributed by atoms with Crippen LogP contribution in [0.1, 0.15) is 41.5 Å². The molecule has 96 valence electrons. The molecule has 2 rings (SSSR count). The van der Waals surface area contributed by atoms with Crippen molar-refractivity contribution in [3.05, 3.63) is 0 Å². The van der Waals surface area contributed by atoms with Crippen molar-refractivity contribution in [3.8, 4) is 0 Å². The summed E-state index contributed by atoms with van der Waals surface area (Å²) < 4.78 is 12.2. The number of hydrazone groups is 1. The normalized spacial score (nSPS) is 35.4. The molecule has 0 aromatic carbocycles. The highest BCUT2D eigenvalue weighted by Gasteiger charge is 2.56. The SMILES string of the molecule is CC1=NN(C)C(C)C1B1OC(C)(C)C(C)(C)O1. The maximum absolute atomic E-state index is 6.11. The Balaban J connectivity index is 2.20. The molecule has 0 N–H and O–H groups in total. The zero-order valence-electron chi connectivity index (χ0n) is 11.9. The zero-order chi connectivity index (χ0) is 13.0. The van der Waals surface area contributed by atoms with Gasteiger partial charge in [-0.05, 0) is 41.5 Å². The minimum absolute atomic E-state index is 0.191. The molecule has 0 aromatic heterocycles. The van der Waals surface area contributed by atoms with Crippen LogP contribution in [-0.4, -0.2) is 42.1 Å². The molecule has 2 atom stereocenters. The van der Waals surface area contributed by atoms with Crippen molar-refractivity contribution in [3.63, 3.8) is 0 Å². The molecular weight excluding hydrogens is 215 g/mol. The van der Waals surface area contributed by atoms with Crippen molar-refractivity contribution in [1.82, 2.24) is 5.01 Å². The van der Waals surface area contributed by atoms with Crippen LogP contribution in [0, 0.1) is 0 Å². The number of rotatable bonds is 1. The average Bonchev–Trinajstić information content (AvgIpc) is 2.49. The van der Waals surface area contributed by atoms with Gasteiger partial charge in [0.05, 0.1) is 23.1 Å². The summed E-state index contributed by atoms with van der Waals surface area (Å²) in [4.78, 5) is 0. The lowest BCUT2D eigenvalue weighted by Gasteiger charge is -2.32. The second-order valence-electron chi connectivity index (χ2n) is 6.21. The van der Waals surface area contributed by atoms with E-state index in [0.29, 0.717) is 6.04 Å². The third kappa shape index (κ3) is 1.89. The smallest absolute Gasteiger partial charge is 0.403 e. The first-order valence-electron chi connectivity index (χ1n) is 6.29. The fourth-order valence-corrected chi connectivity index (χ4v) is 2.45. The first-order valence-corrected chi connectivity index (χ1v) is 6.29. The van der Waals surface area contributed by atoms with Crippen LogP contribution in [0.3, 0.4) is 0 Å². The van der Waals surface area contributed by atoms with Gasteiger partial charge < -0.3 is 9.31 Å². The Labute approximate surface area is 104 Å². The van der Waals surface area contributed by atoms with E-state index in [1.807, 2.05) is 12.1 Å². The lowest BCUT2D eigenvalue weighted by Crippen LogP contribution is -2.41. The lowest BCUT2D eigenvalue weighted by atomic mass is 9.66. The standard InChI is InChI=1S/C12H23BN2O2/c1-8-10(9(2)15(7)14-8)13-16-11(3,4)12(5,6)17-13/h9-10H,1-7H3. The summed E-state index contributed by atoms with van der Waals surface area (Å²) in [7, 11) is 1.81. The summed E-state index contributed by atoms with van der Waals surface area (Å²) >= 11 is 0. The molecule has 2 unspecified atom stereocenters. The van der Waals surface area contributed by atoms with Gasteiger partial charge in [0.2, 0.25) is 0 Å². The molecule has 2 aliphatic heterocycles. The molecule has 2 heterocycles. The number of hydrogen-bond donors (Lipinski definition) is 0. The van der Waals surface area contributed by atoms with Gasteiger partial charge in [-0.3, -0.25) is 5.01 Å². The van der Waals surface area contributed by atoms with E-state index >= 15 is 0 Å². The van der Waals surface area contributed by atoms with Gasteiger partial charge in [-0.2, -0.15) is 5.10 Å². The quantitative estimate of drug-likeness (QED) is 0.656. The van der Waals surface area contributed by atoms with Crippen LogP contribution >= 0.6 is 0 Å². The van der Waals surface area contributed by atoms with E-state index in [0.717, 1.165) is 5.71 Å². The van der Waals surface area contributed by atoms with Crippen LogP contribution < -0.4 is 0 Å². The Morgan fingerprint density at radius 1 is 1.18 bits per heavy atom. The highest BCUT2D eigenvalue weighted by molar-refractivity contribution is 6.53. The molecule has 0 saturated carbocycles. The van der Waals surface area contributed by atoms with Crippen molar-refractivity contribution in [2.45, 2.75) is 64.6 Å². The predicted octanol–water partition coefficient (Wildman–Crippen LogP) is 2.16. The van der Waals surface area contributed by atoms with Gasteiger partial charge in [0, 0.05) is 12.8 Å². The highest BCUT2D eigenvalue weighted by atomic mass is 16.7. The van der Waals surface area contributed by atoms with E-state index < -0.39 is 0 Å². The predicted molar refractivity (Wildman–Crippen MR) is 70.2 cm³/mol. The van der Waals surface area contributed by atoms with Crippen molar-refractivity contribution in [2.75, 3.05) is 7.05 Å². The van der Waals surface area contributed by atoms with Crippen LogP contribution in [-0.2, 0) is 9.31 Å². The van der Waals surface area contributed by atoms with Crippen LogP contribution in [0.15, 0.2) is 5.10 Å². The van der Waals surface area contributed by atoms with Crippen LogP contribution in [0.2, 0.25) is 5.82 Å². The zero-order valence-corrected chi connectivity index (χ0v) is 11.9. The second kappa shape index (κ2) is 3.72. The van der Waals surface area contributed by atoms with Crippen molar-refractivity contribution in [1.29, 1.82) is 0 Å². The van der Waals surface area contributed by atoms with Gasteiger partial charge in [0.1, 0.15) is 0 Å². The highest BCUT2D eigenvalue weighted by Crippen LogP contribution is 2.42. The van der Waals surface area contributed by atoms with Crippen molar-refractivity contribution >= 4 is 12.8 Å². The molecule has 4 nitrogen and oxygen atoms in total. The molecule has 0 bridgehead atoms. The summed E-state index contributed by atoms with van der Waals surface area (Å²) in [5.74, 6) is 0.223. The maximum atomic E-state index is 6.11. The van der Waals surface area contributed by atoms with Gasteiger partial charge in [-0.25, -0.2) is 0 Å². The van der Waals surface area contributed by atoms with Crippen LogP contribution in [0.4, 0.5) is 0 Å². The Bertz CT molecular complexity index is 338. The maximum Gasteiger partial charge on any atom is 0.469 e. The first kappa shape index (κ1) is 12.9. The fraction of sp³-hybridized carbons (Fsp3) is 0.917. The molecule has 0 radical (unpaired) electrons. The van der Waals surface area contributed by atoms with Gasteiger partial charge in [0.25, 0.3) is 0 Å². The lowest BCUT2D eigenvalue weighted by molar-refractivity contribution is 0.00578. The summed E-state index contributed by atoms with van der Waals surface area (Å²) in [5.41, 5.74) is 0.566. The van der Waals surface area contributed by atoms with E-state index in [2.05, 4.69) is 46.6 Å².